The third-order valence-corrected chi connectivity index (χ3v) is 2.54. The van der Waals surface area contributed by atoms with Crippen molar-refractivity contribution in [1.82, 2.24) is 4.98 Å². The van der Waals surface area contributed by atoms with Gasteiger partial charge in [-0.3, -0.25) is 14.9 Å². The lowest BCUT2D eigenvalue weighted by Gasteiger charge is -2.15. The van der Waals surface area contributed by atoms with Crippen LogP contribution in [0.1, 0.15) is 30.1 Å². The lowest BCUT2D eigenvalue weighted by atomic mass is 10.1. The molecular formula is C11H14N4O5. The molecule has 0 aliphatic carbocycles. The van der Waals surface area contributed by atoms with Crippen LogP contribution >= 0.6 is 0 Å². The molecule has 0 aliphatic heterocycles. The van der Waals surface area contributed by atoms with Crippen LogP contribution in [0.4, 0.5) is 11.5 Å². The number of hydrogen-bond acceptors (Lipinski definition) is 6. The largest absolute Gasteiger partial charge is 0.480 e. The summed E-state index contributed by atoms with van der Waals surface area (Å²) in [4.78, 5) is 35.9. The van der Waals surface area contributed by atoms with Crippen LogP contribution in [0.3, 0.4) is 0 Å². The van der Waals surface area contributed by atoms with Gasteiger partial charge in [0.25, 0.3) is 11.6 Å². The number of anilines is 1. The maximum Gasteiger partial charge on any atom is 0.326 e. The van der Waals surface area contributed by atoms with E-state index < -0.39 is 28.5 Å². The summed E-state index contributed by atoms with van der Waals surface area (Å²) in [6.07, 6.45) is 1.84. The van der Waals surface area contributed by atoms with E-state index in [1.54, 1.807) is 6.92 Å². The van der Waals surface area contributed by atoms with Crippen LogP contribution in [-0.4, -0.2) is 32.9 Å². The first-order valence-electron chi connectivity index (χ1n) is 5.80. The smallest absolute Gasteiger partial charge is 0.326 e. The van der Waals surface area contributed by atoms with E-state index in [0.29, 0.717) is 12.8 Å². The van der Waals surface area contributed by atoms with Gasteiger partial charge >= 0.3 is 5.97 Å². The molecule has 0 fully saturated rings. The summed E-state index contributed by atoms with van der Waals surface area (Å²) < 4.78 is 0. The lowest BCUT2D eigenvalue weighted by molar-refractivity contribution is -0.385. The Morgan fingerprint density at radius 3 is 2.70 bits per heavy atom. The highest BCUT2D eigenvalue weighted by molar-refractivity contribution is 5.98. The predicted octanol–water partition coefficient (Wildman–Crippen LogP) is 0.754. The topological polar surface area (TPSA) is 148 Å². The van der Waals surface area contributed by atoms with Gasteiger partial charge in [0.1, 0.15) is 18.1 Å². The summed E-state index contributed by atoms with van der Waals surface area (Å²) >= 11 is 0. The molecule has 0 bridgehead atoms. The minimum atomic E-state index is -1.11. The van der Waals surface area contributed by atoms with Gasteiger partial charge in [-0.1, -0.05) is 13.3 Å². The van der Waals surface area contributed by atoms with Gasteiger partial charge in [0.2, 0.25) is 0 Å². The van der Waals surface area contributed by atoms with Gasteiger partial charge < -0.3 is 16.2 Å². The molecule has 0 saturated carbocycles. The average molecular weight is 282 g/mol. The number of nitro groups is 1. The SMILES string of the molecule is CCCC(Nc1ncc([N+](=O)[O-])cc1C(N)=O)C(=O)O. The van der Waals surface area contributed by atoms with Gasteiger partial charge in [-0.15, -0.1) is 0 Å². The number of nitrogens with one attached hydrogen (secondary N) is 1. The van der Waals surface area contributed by atoms with Crippen molar-refractivity contribution in [3.8, 4) is 0 Å². The number of primary amides is 1. The molecule has 1 heterocycles. The average Bonchev–Trinajstić information content (AvgIpc) is 2.37. The van der Waals surface area contributed by atoms with E-state index in [9.17, 15) is 19.7 Å². The first-order chi connectivity index (χ1) is 9.36. The number of carboxylic acid groups (broad SMARTS) is 1. The van der Waals surface area contributed by atoms with Gasteiger partial charge in [-0.2, -0.15) is 0 Å². The van der Waals surface area contributed by atoms with Crippen molar-refractivity contribution in [2.24, 2.45) is 5.73 Å². The van der Waals surface area contributed by atoms with E-state index in [0.717, 1.165) is 12.3 Å². The summed E-state index contributed by atoms with van der Waals surface area (Å²) in [5.74, 6) is -2.12. The number of nitrogens with two attached hydrogens (primary N) is 1. The number of pyridine rings is 1. The monoisotopic (exact) mass is 282 g/mol. The third kappa shape index (κ3) is 3.64. The predicted molar refractivity (Wildman–Crippen MR) is 69.4 cm³/mol. The zero-order chi connectivity index (χ0) is 15.3. The molecule has 1 amide bonds. The molecule has 4 N–H and O–H groups in total. The maximum absolute atomic E-state index is 11.3. The number of carbonyl (C=O) groups excluding carboxylic acids is 1. The fraction of sp³-hybridized carbons (Fsp3) is 0.364. The van der Waals surface area contributed by atoms with Crippen molar-refractivity contribution < 1.29 is 19.6 Å². The van der Waals surface area contributed by atoms with Gasteiger partial charge in [0, 0.05) is 6.07 Å². The van der Waals surface area contributed by atoms with Gasteiger partial charge in [0.15, 0.2) is 0 Å². The number of nitrogens with zero attached hydrogens (tertiary/aromatic N) is 2. The Labute approximate surface area is 114 Å². The fourth-order valence-electron chi connectivity index (χ4n) is 1.57. The Morgan fingerprint density at radius 2 is 2.25 bits per heavy atom. The second-order valence-electron chi connectivity index (χ2n) is 4.03. The quantitative estimate of drug-likeness (QED) is 0.493. The molecule has 1 rings (SSSR count). The highest BCUT2D eigenvalue weighted by Crippen LogP contribution is 2.20. The standard InChI is InChI=1S/C11H14N4O5/c1-2-3-8(11(17)18)14-10-7(9(12)16)4-6(5-13-10)15(19)20/h4-5,8H,2-3H2,1H3,(H2,12,16)(H,13,14)(H,17,18). The van der Waals surface area contributed by atoms with E-state index in [2.05, 4.69) is 10.3 Å². The molecule has 0 aromatic carbocycles. The van der Waals surface area contributed by atoms with Gasteiger partial charge in [-0.05, 0) is 6.42 Å². The zero-order valence-corrected chi connectivity index (χ0v) is 10.7. The molecular weight excluding hydrogens is 268 g/mol. The van der Waals surface area contributed by atoms with Gasteiger partial charge in [0.05, 0.1) is 10.5 Å². The third-order valence-electron chi connectivity index (χ3n) is 2.54. The number of carboxylic acids is 1. The number of rotatable bonds is 7. The van der Waals surface area contributed by atoms with Crippen LogP contribution in [0.5, 0.6) is 0 Å². The van der Waals surface area contributed by atoms with Crippen LogP contribution in [0.2, 0.25) is 0 Å². The molecule has 0 aliphatic rings. The van der Waals surface area contributed by atoms with Crippen molar-refractivity contribution >= 4 is 23.4 Å². The van der Waals surface area contributed by atoms with E-state index in [1.165, 1.54) is 0 Å². The number of aliphatic carboxylic acids is 1. The summed E-state index contributed by atoms with van der Waals surface area (Å²) in [5.41, 5.74) is 4.50. The van der Waals surface area contributed by atoms with Gasteiger partial charge in [-0.25, -0.2) is 9.78 Å². The molecule has 1 atom stereocenters. The second kappa shape index (κ2) is 6.45. The Balaban J connectivity index is 3.13. The van der Waals surface area contributed by atoms with Crippen LogP contribution in [0.25, 0.3) is 0 Å². The first kappa shape index (κ1) is 15.3. The number of carbonyl (C=O) groups is 2. The summed E-state index contributed by atoms with van der Waals surface area (Å²) in [5, 5.41) is 22.2. The molecule has 108 valence electrons. The first-order valence-corrected chi connectivity index (χ1v) is 5.80. The van der Waals surface area contributed by atoms with E-state index in [1.807, 2.05) is 0 Å². The Kier molecular flexibility index (Phi) is 4.95. The Hall–Kier alpha value is -2.71. The highest BCUT2D eigenvalue weighted by Gasteiger charge is 2.21. The normalized spacial score (nSPS) is 11.7. The molecule has 9 nitrogen and oxygen atoms in total. The molecule has 9 heteroatoms. The van der Waals surface area contributed by atoms with E-state index in [-0.39, 0.29) is 11.4 Å². The molecule has 1 aromatic rings. The lowest BCUT2D eigenvalue weighted by Crippen LogP contribution is -2.30. The van der Waals surface area contributed by atoms with Crippen LogP contribution in [0, 0.1) is 10.1 Å². The molecule has 20 heavy (non-hydrogen) atoms. The van der Waals surface area contributed by atoms with E-state index >= 15 is 0 Å². The molecule has 0 saturated heterocycles. The van der Waals surface area contributed by atoms with E-state index in [4.69, 9.17) is 10.8 Å². The fourth-order valence-corrected chi connectivity index (χ4v) is 1.57. The second-order valence-corrected chi connectivity index (χ2v) is 4.03. The van der Waals surface area contributed by atoms with Crippen molar-refractivity contribution in [2.75, 3.05) is 5.32 Å². The molecule has 1 aromatic heterocycles. The Bertz CT molecular complexity index is 546. The van der Waals surface area contributed by atoms with Crippen molar-refractivity contribution in [3.05, 3.63) is 27.9 Å². The maximum atomic E-state index is 11.3. The number of amides is 1. The van der Waals surface area contributed by atoms with Crippen molar-refractivity contribution in [3.63, 3.8) is 0 Å². The van der Waals surface area contributed by atoms with Crippen LogP contribution < -0.4 is 11.1 Å². The highest BCUT2D eigenvalue weighted by atomic mass is 16.6. The van der Waals surface area contributed by atoms with Crippen LogP contribution in [0.15, 0.2) is 12.3 Å². The Morgan fingerprint density at radius 1 is 1.60 bits per heavy atom. The summed E-state index contributed by atoms with van der Waals surface area (Å²) in [7, 11) is 0. The summed E-state index contributed by atoms with van der Waals surface area (Å²) in [6.45, 7) is 1.80. The molecule has 0 radical (unpaired) electrons. The van der Waals surface area contributed by atoms with Crippen molar-refractivity contribution in [1.29, 1.82) is 0 Å². The minimum Gasteiger partial charge on any atom is -0.480 e. The van der Waals surface area contributed by atoms with Crippen molar-refractivity contribution in [2.45, 2.75) is 25.8 Å². The number of aromatic nitrogens is 1. The molecule has 1 unspecified atom stereocenters. The minimum absolute atomic E-state index is 0.0797. The number of hydrogen-bond donors (Lipinski definition) is 3. The summed E-state index contributed by atoms with van der Waals surface area (Å²) in [6, 6.07) is 0.00904. The van der Waals surface area contributed by atoms with Crippen LogP contribution in [-0.2, 0) is 4.79 Å². The molecule has 0 spiro atoms. The zero-order valence-electron chi connectivity index (χ0n) is 10.7.